The molecule has 74 valence electrons. The van der Waals surface area contributed by atoms with Crippen molar-refractivity contribution < 1.29 is 0 Å². The highest BCUT2D eigenvalue weighted by Gasteiger charge is 2.10. The van der Waals surface area contributed by atoms with Crippen LogP contribution in [0.25, 0.3) is 0 Å². The molecule has 0 amide bonds. The first-order valence-corrected chi connectivity index (χ1v) is 5.67. The van der Waals surface area contributed by atoms with E-state index in [-0.39, 0.29) is 0 Å². The third-order valence-electron chi connectivity index (χ3n) is 3.03. The molecule has 1 atom stereocenters. The van der Waals surface area contributed by atoms with Crippen molar-refractivity contribution in [2.45, 2.75) is 38.0 Å². The van der Waals surface area contributed by atoms with E-state index >= 15 is 0 Å². The van der Waals surface area contributed by atoms with E-state index in [1.807, 2.05) is 0 Å². The van der Waals surface area contributed by atoms with Crippen LogP contribution in [-0.2, 0) is 0 Å². The lowest BCUT2D eigenvalue weighted by Crippen LogP contribution is -1.99. The van der Waals surface area contributed by atoms with Gasteiger partial charge in [0.1, 0.15) is 0 Å². The predicted molar refractivity (Wildman–Crippen MR) is 61.4 cm³/mol. The molecule has 0 fully saturated rings. The third-order valence-corrected chi connectivity index (χ3v) is 3.03. The van der Waals surface area contributed by atoms with Gasteiger partial charge in [-0.15, -0.1) is 0 Å². The predicted octanol–water partition coefficient (Wildman–Crippen LogP) is 4.29. The largest absolute Gasteiger partial charge is 0.0885 e. The van der Waals surface area contributed by atoms with Crippen molar-refractivity contribution in [3.05, 3.63) is 48.0 Å². The van der Waals surface area contributed by atoms with E-state index < -0.39 is 0 Å². The van der Waals surface area contributed by atoms with Gasteiger partial charge in [0.25, 0.3) is 0 Å². The number of hydrogen-bond acceptors (Lipinski definition) is 0. The minimum Gasteiger partial charge on any atom is -0.0885 e. The molecule has 1 aliphatic carbocycles. The molecule has 0 N–H and O–H groups in total. The Kier molecular flexibility index (Phi) is 3.39. The van der Waals surface area contributed by atoms with Gasteiger partial charge in [0.15, 0.2) is 0 Å². The average Bonchev–Trinajstić information content (AvgIpc) is 2.18. The van der Waals surface area contributed by atoms with Crippen molar-refractivity contribution >= 4 is 0 Å². The van der Waals surface area contributed by atoms with E-state index in [1.54, 1.807) is 0 Å². The van der Waals surface area contributed by atoms with E-state index in [1.165, 1.54) is 37.7 Å². The summed E-state index contributed by atoms with van der Waals surface area (Å²) in [6.45, 7) is 0. The molecule has 0 heterocycles. The Morgan fingerprint density at radius 2 is 1.79 bits per heavy atom. The maximum atomic E-state index is 2.36. The van der Waals surface area contributed by atoms with Gasteiger partial charge in [0, 0.05) is 0 Å². The molecule has 1 aromatic carbocycles. The van der Waals surface area contributed by atoms with Gasteiger partial charge < -0.3 is 0 Å². The average molecular weight is 186 g/mol. The van der Waals surface area contributed by atoms with Gasteiger partial charge in [-0.05, 0) is 37.2 Å². The third kappa shape index (κ3) is 2.47. The summed E-state index contributed by atoms with van der Waals surface area (Å²) >= 11 is 0. The van der Waals surface area contributed by atoms with Crippen LogP contribution < -0.4 is 0 Å². The van der Waals surface area contributed by atoms with Gasteiger partial charge in [-0.3, -0.25) is 0 Å². The van der Waals surface area contributed by atoms with Crippen LogP contribution in [0.5, 0.6) is 0 Å². The lowest BCUT2D eigenvalue weighted by Gasteiger charge is -2.17. The monoisotopic (exact) mass is 186 g/mol. The van der Waals surface area contributed by atoms with Crippen molar-refractivity contribution in [2.24, 2.45) is 0 Å². The SMILES string of the molecule is C1=C\CC(c2ccccc2)CCCC/1. The minimum atomic E-state index is 0.757. The quantitative estimate of drug-likeness (QED) is 0.574. The van der Waals surface area contributed by atoms with Crippen LogP contribution in [0.2, 0.25) is 0 Å². The normalized spacial score (nSPS) is 25.0. The first-order chi connectivity index (χ1) is 6.97. The Balaban J connectivity index is 2.08. The summed E-state index contributed by atoms with van der Waals surface area (Å²) in [7, 11) is 0. The van der Waals surface area contributed by atoms with Crippen LogP contribution in [0.4, 0.5) is 0 Å². The molecule has 0 saturated carbocycles. The Bertz CT molecular complexity index is 284. The molecule has 0 bridgehead atoms. The summed E-state index contributed by atoms with van der Waals surface area (Å²) in [5.74, 6) is 0.757. The topological polar surface area (TPSA) is 0 Å². The summed E-state index contributed by atoms with van der Waals surface area (Å²) in [6, 6.07) is 10.9. The van der Waals surface area contributed by atoms with Crippen molar-refractivity contribution in [3.63, 3.8) is 0 Å². The zero-order valence-corrected chi connectivity index (χ0v) is 8.65. The van der Waals surface area contributed by atoms with Crippen LogP contribution in [-0.4, -0.2) is 0 Å². The van der Waals surface area contributed by atoms with Gasteiger partial charge in [-0.1, -0.05) is 48.9 Å². The molecule has 0 spiro atoms. The molecular weight excluding hydrogens is 168 g/mol. The molecule has 0 aliphatic heterocycles. The lowest BCUT2D eigenvalue weighted by atomic mass is 9.89. The fraction of sp³-hybridized carbons (Fsp3) is 0.429. The summed E-state index contributed by atoms with van der Waals surface area (Å²) in [5.41, 5.74) is 1.51. The Labute approximate surface area is 86.7 Å². The molecule has 1 aliphatic rings. The summed E-state index contributed by atoms with van der Waals surface area (Å²) < 4.78 is 0. The molecule has 0 heteroatoms. The first-order valence-electron chi connectivity index (χ1n) is 5.67. The fourth-order valence-corrected chi connectivity index (χ4v) is 2.18. The second-order valence-electron chi connectivity index (χ2n) is 4.10. The fourth-order valence-electron chi connectivity index (χ4n) is 2.18. The van der Waals surface area contributed by atoms with Crippen LogP contribution in [0.15, 0.2) is 42.5 Å². The maximum Gasteiger partial charge on any atom is -0.0127 e. The highest BCUT2D eigenvalue weighted by atomic mass is 14.1. The molecule has 0 aromatic heterocycles. The van der Waals surface area contributed by atoms with Crippen molar-refractivity contribution in [2.75, 3.05) is 0 Å². The van der Waals surface area contributed by atoms with Crippen LogP contribution in [0.3, 0.4) is 0 Å². The second-order valence-corrected chi connectivity index (χ2v) is 4.10. The van der Waals surface area contributed by atoms with E-state index in [4.69, 9.17) is 0 Å². The molecular formula is C14H18. The van der Waals surface area contributed by atoms with Gasteiger partial charge in [-0.2, -0.15) is 0 Å². The van der Waals surface area contributed by atoms with Gasteiger partial charge in [0.2, 0.25) is 0 Å². The highest BCUT2D eigenvalue weighted by molar-refractivity contribution is 5.20. The molecule has 1 unspecified atom stereocenters. The number of allylic oxidation sites excluding steroid dienone is 2. The van der Waals surface area contributed by atoms with Gasteiger partial charge >= 0.3 is 0 Å². The molecule has 0 radical (unpaired) electrons. The number of benzene rings is 1. The molecule has 2 rings (SSSR count). The van der Waals surface area contributed by atoms with Crippen molar-refractivity contribution in [1.29, 1.82) is 0 Å². The number of rotatable bonds is 1. The van der Waals surface area contributed by atoms with E-state index in [0.29, 0.717) is 0 Å². The number of hydrogen-bond donors (Lipinski definition) is 0. The van der Waals surface area contributed by atoms with Crippen LogP contribution >= 0.6 is 0 Å². The van der Waals surface area contributed by atoms with E-state index in [9.17, 15) is 0 Å². The van der Waals surface area contributed by atoms with Crippen molar-refractivity contribution in [1.82, 2.24) is 0 Å². The van der Waals surface area contributed by atoms with Crippen LogP contribution in [0.1, 0.15) is 43.6 Å². The maximum absolute atomic E-state index is 2.36. The minimum absolute atomic E-state index is 0.757. The standard InChI is InChI=1S/C14H18/c1-2-5-9-13(10-6-3-1)14-11-7-4-8-12-14/h2,4-5,7-8,11-13H,1,3,6,9-10H2/b5-2-. The van der Waals surface area contributed by atoms with Gasteiger partial charge in [-0.25, -0.2) is 0 Å². The summed E-state index contributed by atoms with van der Waals surface area (Å²) in [4.78, 5) is 0. The van der Waals surface area contributed by atoms with Crippen molar-refractivity contribution in [3.8, 4) is 0 Å². The highest BCUT2D eigenvalue weighted by Crippen LogP contribution is 2.27. The lowest BCUT2D eigenvalue weighted by molar-refractivity contribution is 0.566. The summed E-state index contributed by atoms with van der Waals surface area (Å²) in [6.07, 6.45) is 11.3. The van der Waals surface area contributed by atoms with E-state index in [2.05, 4.69) is 42.5 Å². The van der Waals surface area contributed by atoms with Gasteiger partial charge in [0.05, 0.1) is 0 Å². The Morgan fingerprint density at radius 3 is 2.64 bits per heavy atom. The molecule has 14 heavy (non-hydrogen) atoms. The Morgan fingerprint density at radius 1 is 0.929 bits per heavy atom. The van der Waals surface area contributed by atoms with E-state index in [0.717, 1.165) is 5.92 Å². The molecule has 1 aromatic rings. The van der Waals surface area contributed by atoms with Crippen LogP contribution in [0, 0.1) is 0 Å². The zero-order chi connectivity index (χ0) is 9.64. The molecule has 0 saturated heterocycles. The first kappa shape index (κ1) is 9.51. The second kappa shape index (κ2) is 4.99. The molecule has 0 nitrogen and oxygen atoms in total. The smallest absolute Gasteiger partial charge is 0.0127 e. The zero-order valence-electron chi connectivity index (χ0n) is 8.65. The Hall–Kier alpha value is -1.04. The summed E-state index contributed by atoms with van der Waals surface area (Å²) in [5, 5.41) is 0.